The predicted molar refractivity (Wildman–Crippen MR) is 109 cm³/mol. The Bertz CT molecular complexity index is 1050. The number of benzene rings is 1. The standard InChI is InChI=1S/C20H22N6O4/c1-4-30-20(29)17-12(2)18(24-13(17)3)19(28)22-9-16(27)25-14-5-7-15(8-6-14)26-11-21-10-23-26/h5-8,10-11,24H,4,9H2,1-3H3,(H,22,28)(H,25,27). The number of hydrogen-bond donors (Lipinski definition) is 3. The Morgan fingerprint density at radius 2 is 1.90 bits per heavy atom. The van der Waals surface area contributed by atoms with Crippen LogP contribution in [0, 0.1) is 13.8 Å². The molecule has 1 aromatic carbocycles. The fourth-order valence-electron chi connectivity index (χ4n) is 2.98. The number of aromatic nitrogens is 4. The summed E-state index contributed by atoms with van der Waals surface area (Å²) in [7, 11) is 0. The highest BCUT2D eigenvalue weighted by atomic mass is 16.5. The van der Waals surface area contributed by atoms with Crippen molar-refractivity contribution in [1.29, 1.82) is 0 Å². The summed E-state index contributed by atoms with van der Waals surface area (Å²) in [5.74, 6) is -1.36. The number of nitrogens with one attached hydrogen (secondary N) is 3. The molecule has 0 bridgehead atoms. The van der Waals surface area contributed by atoms with Gasteiger partial charge in [-0.2, -0.15) is 5.10 Å². The first-order valence-electron chi connectivity index (χ1n) is 9.30. The molecule has 3 aromatic rings. The van der Waals surface area contributed by atoms with Crippen LogP contribution in [0.15, 0.2) is 36.9 Å². The Balaban J connectivity index is 1.58. The summed E-state index contributed by atoms with van der Waals surface area (Å²) >= 11 is 0. The van der Waals surface area contributed by atoms with E-state index < -0.39 is 11.9 Å². The maximum atomic E-state index is 12.5. The van der Waals surface area contributed by atoms with Crippen LogP contribution in [0.2, 0.25) is 0 Å². The molecule has 0 spiro atoms. The van der Waals surface area contributed by atoms with Gasteiger partial charge in [-0.3, -0.25) is 9.59 Å². The summed E-state index contributed by atoms with van der Waals surface area (Å²) in [4.78, 5) is 43.4. The van der Waals surface area contributed by atoms with Crippen molar-refractivity contribution >= 4 is 23.5 Å². The molecule has 2 aromatic heterocycles. The van der Waals surface area contributed by atoms with E-state index in [0.29, 0.717) is 22.5 Å². The molecule has 0 aliphatic carbocycles. The van der Waals surface area contributed by atoms with E-state index in [-0.39, 0.29) is 24.8 Å². The van der Waals surface area contributed by atoms with E-state index in [1.165, 1.54) is 6.33 Å². The second-order valence-electron chi connectivity index (χ2n) is 6.46. The van der Waals surface area contributed by atoms with Crippen molar-refractivity contribution in [1.82, 2.24) is 25.1 Å². The summed E-state index contributed by atoms with van der Waals surface area (Å²) < 4.78 is 6.61. The number of carbonyl (C=O) groups is 3. The molecule has 3 rings (SSSR count). The predicted octanol–water partition coefficient (Wildman–Crippen LogP) is 1.76. The van der Waals surface area contributed by atoms with Gasteiger partial charge in [0, 0.05) is 11.4 Å². The van der Waals surface area contributed by atoms with Crippen LogP contribution in [0.4, 0.5) is 5.69 Å². The molecular formula is C20H22N6O4. The lowest BCUT2D eigenvalue weighted by molar-refractivity contribution is -0.115. The quantitative estimate of drug-likeness (QED) is 0.509. The molecule has 0 atom stereocenters. The molecule has 3 N–H and O–H groups in total. The monoisotopic (exact) mass is 410 g/mol. The van der Waals surface area contributed by atoms with Crippen LogP contribution >= 0.6 is 0 Å². The van der Waals surface area contributed by atoms with Gasteiger partial charge in [0.1, 0.15) is 18.3 Å². The number of ether oxygens (including phenoxy) is 1. The Hall–Kier alpha value is -3.95. The van der Waals surface area contributed by atoms with Gasteiger partial charge in [-0.05, 0) is 50.6 Å². The van der Waals surface area contributed by atoms with Gasteiger partial charge in [0.05, 0.1) is 24.4 Å². The SMILES string of the molecule is CCOC(=O)c1c(C)[nH]c(C(=O)NCC(=O)Nc2ccc(-n3cncn3)cc2)c1C. The third kappa shape index (κ3) is 4.54. The van der Waals surface area contributed by atoms with Crippen LogP contribution in [0.5, 0.6) is 0 Å². The first kappa shape index (κ1) is 20.8. The minimum Gasteiger partial charge on any atom is -0.462 e. The van der Waals surface area contributed by atoms with Gasteiger partial charge in [0.25, 0.3) is 5.91 Å². The first-order chi connectivity index (χ1) is 14.4. The van der Waals surface area contributed by atoms with Crippen molar-refractivity contribution in [2.75, 3.05) is 18.5 Å². The maximum Gasteiger partial charge on any atom is 0.340 e. The number of amides is 2. The first-order valence-corrected chi connectivity index (χ1v) is 9.30. The molecule has 0 radical (unpaired) electrons. The molecule has 0 aliphatic rings. The molecule has 10 nitrogen and oxygen atoms in total. The minimum absolute atomic E-state index is 0.223. The minimum atomic E-state index is -0.491. The fraction of sp³-hybridized carbons (Fsp3) is 0.250. The zero-order valence-electron chi connectivity index (χ0n) is 16.9. The number of nitrogens with zero attached hydrogens (tertiary/aromatic N) is 3. The van der Waals surface area contributed by atoms with E-state index in [1.807, 2.05) is 0 Å². The van der Waals surface area contributed by atoms with Gasteiger partial charge in [-0.1, -0.05) is 0 Å². The molecule has 10 heteroatoms. The van der Waals surface area contributed by atoms with E-state index in [1.54, 1.807) is 56.0 Å². The number of aromatic amines is 1. The molecule has 0 unspecified atom stereocenters. The van der Waals surface area contributed by atoms with E-state index in [0.717, 1.165) is 5.69 Å². The Labute approximate surface area is 172 Å². The highest BCUT2D eigenvalue weighted by Gasteiger charge is 2.23. The average Bonchev–Trinajstić information content (AvgIpc) is 3.35. The zero-order valence-corrected chi connectivity index (χ0v) is 16.9. The molecule has 2 amide bonds. The van der Waals surface area contributed by atoms with Crippen LogP contribution in [-0.2, 0) is 9.53 Å². The van der Waals surface area contributed by atoms with Crippen LogP contribution < -0.4 is 10.6 Å². The lowest BCUT2D eigenvalue weighted by Gasteiger charge is -2.08. The van der Waals surface area contributed by atoms with Crippen LogP contribution in [0.3, 0.4) is 0 Å². The molecule has 0 saturated carbocycles. The Kier molecular flexibility index (Phi) is 6.26. The number of anilines is 1. The fourth-order valence-corrected chi connectivity index (χ4v) is 2.98. The molecule has 30 heavy (non-hydrogen) atoms. The average molecular weight is 410 g/mol. The third-order valence-electron chi connectivity index (χ3n) is 4.39. The maximum absolute atomic E-state index is 12.5. The largest absolute Gasteiger partial charge is 0.462 e. The van der Waals surface area contributed by atoms with Gasteiger partial charge in [-0.25, -0.2) is 14.5 Å². The summed E-state index contributed by atoms with van der Waals surface area (Å²) in [5, 5.41) is 9.28. The van der Waals surface area contributed by atoms with Crippen molar-refractivity contribution in [3.63, 3.8) is 0 Å². The van der Waals surface area contributed by atoms with Gasteiger partial charge in [-0.15, -0.1) is 0 Å². The summed E-state index contributed by atoms with van der Waals surface area (Å²) in [6.07, 6.45) is 3.00. The molecule has 0 fully saturated rings. The number of esters is 1. The van der Waals surface area contributed by atoms with E-state index in [9.17, 15) is 14.4 Å². The second kappa shape index (κ2) is 9.03. The highest BCUT2D eigenvalue weighted by molar-refractivity contribution is 6.02. The Morgan fingerprint density at radius 1 is 1.17 bits per heavy atom. The number of carbonyl (C=O) groups excluding carboxylic acids is 3. The van der Waals surface area contributed by atoms with Gasteiger partial charge in [0.2, 0.25) is 5.91 Å². The number of H-pyrrole nitrogens is 1. The number of aryl methyl sites for hydroxylation is 1. The number of hydrogen-bond acceptors (Lipinski definition) is 6. The topological polar surface area (TPSA) is 131 Å². The highest BCUT2D eigenvalue weighted by Crippen LogP contribution is 2.19. The van der Waals surface area contributed by atoms with E-state index in [2.05, 4.69) is 25.7 Å². The van der Waals surface area contributed by atoms with Crippen molar-refractivity contribution in [3.05, 3.63) is 59.4 Å². The van der Waals surface area contributed by atoms with Crippen LogP contribution in [-0.4, -0.2) is 50.7 Å². The van der Waals surface area contributed by atoms with Gasteiger partial charge < -0.3 is 20.4 Å². The second-order valence-corrected chi connectivity index (χ2v) is 6.46. The Morgan fingerprint density at radius 3 is 2.53 bits per heavy atom. The normalized spacial score (nSPS) is 10.5. The summed E-state index contributed by atoms with van der Waals surface area (Å²) in [6, 6.07) is 7.01. The summed E-state index contributed by atoms with van der Waals surface area (Å²) in [5.41, 5.74) is 2.95. The molecular weight excluding hydrogens is 388 g/mol. The smallest absolute Gasteiger partial charge is 0.340 e. The van der Waals surface area contributed by atoms with E-state index >= 15 is 0 Å². The van der Waals surface area contributed by atoms with E-state index in [4.69, 9.17) is 4.74 Å². The molecule has 0 saturated heterocycles. The van der Waals surface area contributed by atoms with Crippen molar-refractivity contribution in [3.8, 4) is 5.69 Å². The molecule has 156 valence electrons. The van der Waals surface area contributed by atoms with Crippen molar-refractivity contribution in [2.24, 2.45) is 0 Å². The lowest BCUT2D eigenvalue weighted by Crippen LogP contribution is -2.33. The van der Waals surface area contributed by atoms with Crippen molar-refractivity contribution < 1.29 is 19.1 Å². The van der Waals surface area contributed by atoms with Crippen molar-refractivity contribution in [2.45, 2.75) is 20.8 Å². The van der Waals surface area contributed by atoms with Crippen LogP contribution in [0.25, 0.3) is 5.69 Å². The van der Waals surface area contributed by atoms with Gasteiger partial charge >= 0.3 is 5.97 Å². The number of rotatable bonds is 7. The van der Waals surface area contributed by atoms with Crippen LogP contribution in [0.1, 0.15) is 39.0 Å². The molecule has 0 aliphatic heterocycles. The zero-order chi connectivity index (χ0) is 21.7. The summed E-state index contributed by atoms with van der Waals surface area (Å²) in [6.45, 7) is 5.07. The lowest BCUT2D eigenvalue weighted by atomic mass is 10.1. The van der Waals surface area contributed by atoms with Gasteiger partial charge in [0.15, 0.2) is 0 Å². The molecule has 2 heterocycles. The third-order valence-corrected chi connectivity index (χ3v) is 4.39.